The SMILES string of the molecule is Cc1nsc(Nc2nc3c(C(F)(F)F)cccc3s2)c1C(=O)Nc1ccc(Cl)c(Cl)c1. The molecule has 2 aromatic carbocycles. The van der Waals surface area contributed by atoms with Crippen molar-refractivity contribution in [3.8, 4) is 0 Å². The first kappa shape index (κ1) is 21.8. The summed E-state index contributed by atoms with van der Waals surface area (Å²) < 4.78 is 44.3. The summed E-state index contributed by atoms with van der Waals surface area (Å²) in [6.07, 6.45) is -4.52. The second-order valence-electron chi connectivity index (χ2n) is 6.35. The number of alkyl halides is 3. The molecule has 0 unspecified atom stereocenters. The fourth-order valence-corrected chi connectivity index (χ4v) is 4.87. The van der Waals surface area contributed by atoms with Gasteiger partial charge in [0.05, 0.1) is 37.1 Å². The van der Waals surface area contributed by atoms with Crippen LogP contribution in [0.1, 0.15) is 21.6 Å². The number of aromatic nitrogens is 2. The Kier molecular flexibility index (Phi) is 5.82. The van der Waals surface area contributed by atoms with Gasteiger partial charge in [0.25, 0.3) is 5.91 Å². The van der Waals surface area contributed by atoms with E-state index in [-0.39, 0.29) is 21.2 Å². The number of para-hydroxylation sites is 1. The van der Waals surface area contributed by atoms with E-state index in [2.05, 4.69) is 20.0 Å². The van der Waals surface area contributed by atoms with E-state index in [1.807, 2.05) is 0 Å². The van der Waals surface area contributed by atoms with E-state index in [0.717, 1.165) is 28.9 Å². The monoisotopic (exact) mass is 502 g/mol. The molecule has 0 saturated carbocycles. The molecule has 31 heavy (non-hydrogen) atoms. The second kappa shape index (κ2) is 8.27. The average Bonchev–Trinajstić information content (AvgIpc) is 3.26. The third-order valence-corrected chi connectivity index (χ3v) is 6.74. The van der Waals surface area contributed by atoms with Crippen molar-refractivity contribution in [3.05, 3.63) is 63.3 Å². The molecule has 0 fully saturated rings. The number of hydrogen-bond acceptors (Lipinski definition) is 6. The van der Waals surface area contributed by atoms with Gasteiger partial charge in [-0.15, -0.1) is 0 Å². The maximum Gasteiger partial charge on any atom is 0.418 e. The van der Waals surface area contributed by atoms with Gasteiger partial charge in [-0.1, -0.05) is 40.6 Å². The molecule has 2 aromatic heterocycles. The molecular weight excluding hydrogens is 492 g/mol. The lowest BCUT2D eigenvalue weighted by Gasteiger charge is -2.08. The van der Waals surface area contributed by atoms with Gasteiger partial charge in [-0.05, 0) is 48.8 Å². The number of hydrogen-bond donors (Lipinski definition) is 2. The first-order valence-corrected chi connectivity index (χ1v) is 10.9. The van der Waals surface area contributed by atoms with Gasteiger partial charge >= 0.3 is 6.18 Å². The van der Waals surface area contributed by atoms with E-state index in [9.17, 15) is 18.0 Å². The third kappa shape index (κ3) is 4.47. The Labute approximate surface area is 192 Å². The second-order valence-corrected chi connectivity index (χ2v) is 8.97. The summed E-state index contributed by atoms with van der Waals surface area (Å²) in [5.74, 6) is -0.454. The minimum atomic E-state index is -4.52. The summed E-state index contributed by atoms with van der Waals surface area (Å²) in [6, 6.07) is 8.54. The molecule has 4 aromatic rings. The first-order chi connectivity index (χ1) is 14.6. The average molecular weight is 503 g/mol. The molecular formula is C19H11Cl2F3N4OS2. The highest BCUT2D eigenvalue weighted by atomic mass is 35.5. The first-order valence-electron chi connectivity index (χ1n) is 8.60. The number of amides is 1. The van der Waals surface area contributed by atoms with E-state index in [1.54, 1.807) is 25.1 Å². The molecule has 0 aliphatic rings. The number of benzene rings is 2. The number of carbonyl (C=O) groups is 1. The molecule has 2 heterocycles. The molecule has 0 saturated heterocycles. The van der Waals surface area contributed by atoms with Crippen molar-refractivity contribution in [3.63, 3.8) is 0 Å². The quantitative estimate of drug-likeness (QED) is 0.305. The van der Waals surface area contributed by atoms with Crippen molar-refractivity contribution in [2.75, 3.05) is 10.6 Å². The summed E-state index contributed by atoms with van der Waals surface area (Å²) in [5, 5.41) is 6.87. The summed E-state index contributed by atoms with van der Waals surface area (Å²) in [7, 11) is 0. The van der Waals surface area contributed by atoms with Crippen molar-refractivity contribution >= 4 is 78.0 Å². The number of thiazole rings is 1. The number of halogens is 5. The van der Waals surface area contributed by atoms with Crippen molar-refractivity contribution in [1.82, 2.24) is 9.36 Å². The van der Waals surface area contributed by atoms with Gasteiger partial charge in [0.15, 0.2) is 5.13 Å². The lowest BCUT2D eigenvalue weighted by atomic mass is 10.2. The van der Waals surface area contributed by atoms with Crippen molar-refractivity contribution in [1.29, 1.82) is 0 Å². The molecule has 0 spiro atoms. The minimum Gasteiger partial charge on any atom is -0.322 e. The molecule has 12 heteroatoms. The molecule has 0 aliphatic heterocycles. The fraction of sp³-hybridized carbons (Fsp3) is 0.105. The zero-order valence-electron chi connectivity index (χ0n) is 15.5. The maximum absolute atomic E-state index is 13.3. The maximum atomic E-state index is 13.3. The van der Waals surface area contributed by atoms with Crippen molar-refractivity contribution in [2.24, 2.45) is 0 Å². The fourth-order valence-electron chi connectivity index (χ4n) is 2.82. The van der Waals surface area contributed by atoms with Gasteiger partial charge < -0.3 is 10.6 Å². The number of nitrogens with zero attached hydrogens (tertiary/aromatic N) is 2. The standard InChI is InChI=1S/C19H11Cl2F3N4OS2/c1-8-14(16(29)25-9-5-6-11(20)12(21)7-9)17(31-28-8)27-18-26-15-10(19(22,23)24)3-2-4-13(15)30-18/h2-7H,1H3,(H,25,29)(H,26,27). The zero-order chi connectivity index (χ0) is 22.3. The smallest absolute Gasteiger partial charge is 0.322 e. The van der Waals surface area contributed by atoms with Gasteiger partial charge in [-0.25, -0.2) is 4.98 Å². The van der Waals surface area contributed by atoms with Crippen molar-refractivity contribution in [2.45, 2.75) is 13.1 Å². The van der Waals surface area contributed by atoms with Gasteiger partial charge in [0.1, 0.15) is 5.00 Å². The Morgan fingerprint density at radius 3 is 2.61 bits per heavy atom. The van der Waals surface area contributed by atoms with Crippen LogP contribution in [0, 0.1) is 6.92 Å². The topological polar surface area (TPSA) is 66.9 Å². The molecule has 2 N–H and O–H groups in total. The van der Waals surface area contributed by atoms with Crippen LogP contribution < -0.4 is 10.6 Å². The summed E-state index contributed by atoms with van der Waals surface area (Å²) in [6.45, 7) is 1.66. The lowest BCUT2D eigenvalue weighted by Crippen LogP contribution is -2.14. The third-order valence-electron chi connectivity index (χ3n) is 4.21. The summed E-state index contributed by atoms with van der Waals surface area (Å²) in [5.41, 5.74) is 0.192. The number of aryl methyl sites for hydroxylation is 1. The normalized spacial score (nSPS) is 11.7. The van der Waals surface area contributed by atoms with Crippen LogP contribution in [-0.2, 0) is 6.18 Å². The van der Waals surface area contributed by atoms with Crippen LogP contribution in [0.2, 0.25) is 10.0 Å². The van der Waals surface area contributed by atoms with Crippen LogP contribution in [-0.4, -0.2) is 15.3 Å². The van der Waals surface area contributed by atoms with E-state index < -0.39 is 17.6 Å². The molecule has 0 atom stereocenters. The highest BCUT2D eigenvalue weighted by molar-refractivity contribution is 7.22. The Morgan fingerprint density at radius 2 is 1.90 bits per heavy atom. The van der Waals surface area contributed by atoms with Crippen LogP contribution in [0.15, 0.2) is 36.4 Å². The minimum absolute atomic E-state index is 0.148. The van der Waals surface area contributed by atoms with Gasteiger partial charge in [-0.3, -0.25) is 4.79 Å². The Balaban J connectivity index is 1.63. The highest BCUT2D eigenvalue weighted by Crippen LogP contribution is 2.39. The van der Waals surface area contributed by atoms with Crippen LogP contribution in [0.3, 0.4) is 0 Å². The molecule has 0 bridgehead atoms. The summed E-state index contributed by atoms with van der Waals surface area (Å²) >= 11 is 13.9. The number of carbonyl (C=O) groups excluding carboxylic acids is 1. The summed E-state index contributed by atoms with van der Waals surface area (Å²) in [4.78, 5) is 16.9. The predicted molar refractivity (Wildman–Crippen MR) is 119 cm³/mol. The van der Waals surface area contributed by atoms with E-state index in [1.165, 1.54) is 12.1 Å². The largest absolute Gasteiger partial charge is 0.418 e. The number of nitrogens with one attached hydrogen (secondary N) is 2. The highest BCUT2D eigenvalue weighted by Gasteiger charge is 2.34. The number of fused-ring (bicyclic) bond motifs is 1. The van der Waals surface area contributed by atoms with E-state index in [0.29, 0.717) is 26.1 Å². The molecule has 0 aliphatic carbocycles. The molecule has 160 valence electrons. The molecule has 0 radical (unpaired) electrons. The molecule has 5 nitrogen and oxygen atoms in total. The zero-order valence-corrected chi connectivity index (χ0v) is 18.6. The lowest BCUT2D eigenvalue weighted by molar-refractivity contribution is -0.136. The predicted octanol–water partition coefficient (Wildman–Crippen LogP) is 7.38. The van der Waals surface area contributed by atoms with E-state index in [4.69, 9.17) is 23.2 Å². The van der Waals surface area contributed by atoms with Gasteiger partial charge in [0.2, 0.25) is 0 Å². The van der Waals surface area contributed by atoms with Crippen LogP contribution >= 0.6 is 46.1 Å². The van der Waals surface area contributed by atoms with E-state index >= 15 is 0 Å². The van der Waals surface area contributed by atoms with Crippen LogP contribution in [0.5, 0.6) is 0 Å². The van der Waals surface area contributed by atoms with Crippen molar-refractivity contribution < 1.29 is 18.0 Å². The Morgan fingerprint density at radius 1 is 1.13 bits per heavy atom. The number of anilines is 3. The molecule has 1 amide bonds. The van der Waals surface area contributed by atoms with Gasteiger partial charge in [-0.2, -0.15) is 17.5 Å². The van der Waals surface area contributed by atoms with Gasteiger partial charge in [0, 0.05) is 5.69 Å². The van der Waals surface area contributed by atoms with Crippen LogP contribution in [0.25, 0.3) is 10.2 Å². The Bertz CT molecular complexity index is 1300. The Hall–Kier alpha value is -2.40. The van der Waals surface area contributed by atoms with Crippen LogP contribution in [0.4, 0.5) is 29.0 Å². The molecule has 4 rings (SSSR count). The number of rotatable bonds is 4.